The Morgan fingerprint density at radius 2 is 2.05 bits per heavy atom. The Balaban J connectivity index is 2.54. The van der Waals surface area contributed by atoms with Gasteiger partial charge in [0.25, 0.3) is 0 Å². The first-order chi connectivity index (χ1) is 9.67. The Hall–Kier alpha value is -2.30. The van der Waals surface area contributed by atoms with Gasteiger partial charge in [-0.3, -0.25) is 4.79 Å². The predicted octanol–water partition coefficient (Wildman–Crippen LogP) is 2.66. The molecule has 1 aromatic carbocycles. The lowest BCUT2D eigenvalue weighted by Crippen LogP contribution is -2.36. The molecule has 0 aromatic heterocycles. The number of benzene rings is 1. The van der Waals surface area contributed by atoms with E-state index in [-0.39, 0.29) is 18.4 Å². The number of carbonyl (C=O) groups is 2. The zero-order valence-electron chi connectivity index (χ0n) is 11.7. The summed E-state index contributed by atoms with van der Waals surface area (Å²) in [5.74, 6) is -0.311. The third kappa shape index (κ3) is 5.56. The zero-order valence-corrected chi connectivity index (χ0v) is 11.7. The highest BCUT2D eigenvalue weighted by molar-refractivity contribution is 5.89. The van der Waals surface area contributed by atoms with Crippen molar-refractivity contribution < 1.29 is 14.3 Å². The molecular formula is C15H20N2O3. The Kier molecular flexibility index (Phi) is 6.89. The molecule has 0 unspecified atom stereocenters. The van der Waals surface area contributed by atoms with E-state index in [0.717, 1.165) is 0 Å². The van der Waals surface area contributed by atoms with Crippen LogP contribution in [0.5, 0.6) is 0 Å². The van der Waals surface area contributed by atoms with E-state index in [4.69, 9.17) is 4.74 Å². The number of amides is 2. The summed E-state index contributed by atoms with van der Waals surface area (Å²) in [6.45, 7) is 6.38. The SMILES string of the molecule is C=CCN(CCC(=O)OCC)C(=O)Nc1ccccc1. The topological polar surface area (TPSA) is 58.6 Å². The number of hydrogen-bond acceptors (Lipinski definition) is 3. The number of nitrogens with zero attached hydrogens (tertiary/aromatic N) is 1. The quantitative estimate of drug-likeness (QED) is 0.615. The highest BCUT2D eigenvalue weighted by Gasteiger charge is 2.14. The average molecular weight is 276 g/mol. The molecular weight excluding hydrogens is 256 g/mol. The van der Waals surface area contributed by atoms with Crippen molar-refractivity contribution in [3.8, 4) is 0 Å². The first kappa shape index (κ1) is 15.8. The number of para-hydroxylation sites is 1. The number of rotatable bonds is 7. The number of nitrogens with one attached hydrogen (secondary N) is 1. The molecule has 20 heavy (non-hydrogen) atoms. The van der Waals surface area contributed by atoms with Gasteiger partial charge in [-0.2, -0.15) is 0 Å². The lowest BCUT2D eigenvalue weighted by molar-refractivity contribution is -0.143. The molecule has 0 fully saturated rings. The van der Waals surface area contributed by atoms with Gasteiger partial charge in [0.2, 0.25) is 0 Å². The Morgan fingerprint density at radius 3 is 2.65 bits per heavy atom. The van der Waals surface area contributed by atoms with Gasteiger partial charge in [-0.15, -0.1) is 6.58 Å². The summed E-state index contributed by atoms with van der Waals surface area (Å²) in [4.78, 5) is 24.9. The van der Waals surface area contributed by atoms with Crippen LogP contribution in [0.25, 0.3) is 0 Å². The number of esters is 1. The monoisotopic (exact) mass is 276 g/mol. The molecule has 5 heteroatoms. The Morgan fingerprint density at radius 1 is 1.35 bits per heavy atom. The van der Waals surface area contributed by atoms with Gasteiger partial charge >= 0.3 is 12.0 Å². The van der Waals surface area contributed by atoms with Crippen LogP contribution in [0.1, 0.15) is 13.3 Å². The molecule has 0 saturated carbocycles. The fraction of sp³-hybridized carbons (Fsp3) is 0.333. The van der Waals surface area contributed by atoms with Crippen molar-refractivity contribution in [1.82, 2.24) is 4.90 Å². The maximum Gasteiger partial charge on any atom is 0.322 e. The molecule has 1 aromatic rings. The molecule has 0 radical (unpaired) electrons. The molecule has 0 bridgehead atoms. The first-order valence-electron chi connectivity index (χ1n) is 6.54. The van der Waals surface area contributed by atoms with Crippen molar-refractivity contribution in [2.75, 3.05) is 25.0 Å². The first-order valence-corrected chi connectivity index (χ1v) is 6.54. The third-order valence-electron chi connectivity index (χ3n) is 2.55. The second-order valence-electron chi connectivity index (χ2n) is 4.09. The highest BCUT2D eigenvalue weighted by Crippen LogP contribution is 2.07. The molecule has 0 heterocycles. The summed E-state index contributed by atoms with van der Waals surface area (Å²) in [6.07, 6.45) is 1.79. The minimum Gasteiger partial charge on any atom is -0.466 e. The van der Waals surface area contributed by atoms with Crippen LogP contribution in [0, 0.1) is 0 Å². The molecule has 0 aliphatic rings. The van der Waals surface area contributed by atoms with E-state index in [0.29, 0.717) is 25.4 Å². The average Bonchev–Trinajstić information content (AvgIpc) is 2.44. The molecule has 0 atom stereocenters. The van der Waals surface area contributed by atoms with Gasteiger partial charge < -0.3 is 15.0 Å². The molecule has 0 saturated heterocycles. The van der Waals surface area contributed by atoms with Crippen molar-refractivity contribution >= 4 is 17.7 Å². The normalized spacial score (nSPS) is 9.65. The summed E-state index contributed by atoms with van der Waals surface area (Å²) in [5.41, 5.74) is 0.711. The van der Waals surface area contributed by atoms with Crippen LogP contribution in [-0.2, 0) is 9.53 Å². The van der Waals surface area contributed by atoms with Gasteiger partial charge in [-0.25, -0.2) is 4.79 Å². The van der Waals surface area contributed by atoms with Crippen LogP contribution in [0.4, 0.5) is 10.5 Å². The molecule has 1 rings (SSSR count). The van der Waals surface area contributed by atoms with Crippen LogP contribution < -0.4 is 5.32 Å². The molecule has 0 spiro atoms. The fourth-order valence-corrected chi connectivity index (χ4v) is 1.62. The van der Waals surface area contributed by atoms with E-state index < -0.39 is 0 Å². The Labute approximate surface area is 119 Å². The van der Waals surface area contributed by atoms with E-state index in [1.165, 1.54) is 4.90 Å². The van der Waals surface area contributed by atoms with Crippen LogP contribution in [0.2, 0.25) is 0 Å². The molecule has 2 amide bonds. The van der Waals surface area contributed by atoms with Gasteiger partial charge in [-0.1, -0.05) is 24.3 Å². The largest absolute Gasteiger partial charge is 0.466 e. The second kappa shape index (κ2) is 8.74. The zero-order chi connectivity index (χ0) is 14.8. The van der Waals surface area contributed by atoms with E-state index in [1.54, 1.807) is 25.1 Å². The fourth-order valence-electron chi connectivity index (χ4n) is 1.62. The summed E-state index contributed by atoms with van der Waals surface area (Å²) in [7, 11) is 0. The maximum atomic E-state index is 12.1. The van der Waals surface area contributed by atoms with E-state index >= 15 is 0 Å². The van der Waals surface area contributed by atoms with Crippen molar-refractivity contribution in [2.24, 2.45) is 0 Å². The Bertz CT molecular complexity index is 446. The second-order valence-corrected chi connectivity index (χ2v) is 4.09. The lowest BCUT2D eigenvalue weighted by atomic mass is 10.3. The number of ether oxygens (including phenoxy) is 1. The van der Waals surface area contributed by atoms with Crippen molar-refractivity contribution in [3.05, 3.63) is 43.0 Å². The van der Waals surface area contributed by atoms with Gasteiger partial charge in [0, 0.05) is 18.8 Å². The third-order valence-corrected chi connectivity index (χ3v) is 2.55. The maximum absolute atomic E-state index is 12.1. The van der Waals surface area contributed by atoms with Crippen molar-refractivity contribution in [2.45, 2.75) is 13.3 Å². The van der Waals surface area contributed by atoms with Gasteiger partial charge in [-0.05, 0) is 19.1 Å². The van der Waals surface area contributed by atoms with Crippen LogP contribution in [0.15, 0.2) is 43.0 Å². The van der Waals surface area contributed by atoms with Crippen LogP contribution in [-0.4, -0.2) is 36.6 Å². The standard InChI is InChI=1S/C15H20N2O3/c1-3-11-17(12-10-14(18)20-4-2)15(19)16-13-8-6-5-7-9-13/h3,5-9H,1,4,10-12H2,2H3,(H,16,19). The number of urea groups is 1. The molecule has 5 nitrogen and oxygen atoms in total. The van der Waals surface area contributed by atoms with Crippen LogP contribution >= 0.6 is 0 Å². The summed E-state index contributed by atoms with van der Waals surface area (Å²) < 4.78 is 4.85. The summed E-state index contributed by atoms with van der Waals surface area (Å²) >= 11 is 0. The van der Waals surface area contributed by atoms with Gasteiger partial charge in [0.05, 0.1) is 13.0 Å². The van der Waals surface area contributed by atoms with Crippen molar-refractivity contribution in [3.63, 3.8) is 0 Å². The molecule has 1 N–H and O–H groups in total. The lowest BCUT2D eigenvalue weighted by Gasteiger charge is -2.21. The van der Waals surface area contributed by atoms with Crippen LogP contribution in [0.3, 0.4) is 0 Å². The smallest absolute Gasteiger partial charge is 0.322 e. The summed E-state index contributed by atoms with van der Waals surface area (Å²) in [6, 6.07) is 8.89. The van der Waals surface area contributed by atoms with Gasteiger partial charge in [0.15, 0.2) is 0 Å². The minimum absolute atomic E-state index is 0.171. The molecule has 108 valence electrons. The summed E-state index contributed by atoms with van der Waals surface area (Å²) in [5, 5.41) is 2.77. The minimum atomic E-state index is -0.311. The van der Waals surface area contributed by atoms with E-state index in [2.05, 4.69) is 11.9 Å². The van der Waals surface area contributed by atoms with E-state index in [1.807, 2.05) is 18.2 Å². The molecule has 0 aliphatic heterocycles. The van der Waals surface area contributed by atoms with Gasteiger partial charge in [0.1, 0.15) is 0 Å². The predicted molar refractivity (Wildman–Crippen MR) is 78.5 cm³/mol. The number of hydrogen-bond donors (Lipinski definition) is 1. The number of anilines is 1. The number of carbonyl (C=O) groups excluding carboxylic acids is 2. The van der Waals surface area contributed by atoms with Crippen molar-refractivity contribution in [1.29, 1.82) is 0 Å². The highest BCUT2D eigenvalue weighted by atomic mass is 16.5. The van der Waals surface area contributed by atoms with E-state index in [9.17, 15) is 9.59 Å². The molecule has 0 aliphatic carbocycles.